The van der Waals surface area contributed by atoms with Crippen LogP contribution in [0.4, 0.5) is 0 Å². The lowest BCUT2D eigenvalue weighted by Gasteiger charge is -2.07. The van der Waals surface area contributed by atoms with Crippen LogP contribution in [0.25, 0.3) is 0 Å². The maximum Gasteiger partial charge on any atom is 0.332 e. The lowest BCUT2D eigenvalue weighted by molar-refractivity contribution is -0.148. The third-order valence-electron chi connectivity index (χ3n) is 3.21. The lowest BCUT2D eigenvalue weighted by Crippen LogP contribution is -2.21. The molecule has 0 aliphatic rings. The molecule has 1 atom stereocenters. The van der Waals surface area contributed by atoms with Gasteiger partial charge in [0.1, 0.15) is 0 Å². The SMILES string of the molecule is CCCCCC/C=C\CC/C=C\CCC(OC)C(=O)O. The molecule has 0 heterocycles. The Labute approximate surface area is 123 Å². The molecule has 1 N–H and O–H groups in total. The maximum atomic E-state index is 10.7. The molecule has 0 aliphatic carbocycles. The average molecular weight is 282 g/mol. The number of rotatable bonds is 13. The normalized spacial score (nSPS) is 13.3. The van der Waals surface area contributed by atoms with E-state index in [9.17, 15) is 4.79 Å². The number of allylic oxidation sites excluding steroid dienone is 4. The van der Waals surface area contributed by atoms with Crippen LogP contribution < -0.4 is 0 Å². The highest BCUT2D eigenvalue weighted by Gasteiger charge is 2.14. The van der Waals surface area contributed by atoms with Crippen molar-refractivity contribution < 1.29 is 14.6 Å². The summed E-state index contributed by atoms with van der Waals surface area (Å²) in [4.78, 5) is 10.7. The van der Waals surface area contributed by atoms with Crippen LogP contribution >= 0.6 is 0 Å². The number of methoxy groups -OCH3 is 1. The molecule has 0 saturated carbocycles. The number of aliphatic carboxylic acids is 1. The fourth-order valence-corrected chi connectivity index (χ4v) is 1.94. The first-order chi connectivity index (χ1) is 9.72. The van der Waals surface area contributed by atoms with Crippen molar-refractivity contribution in [3.05, 3.63) is 24.3 Å². The molecular formula is C17H30O3. The van der Waals surface area contributed by atoms with Gasteiger partial charge in [-0.15, -0.1) is 0 Å². The zero-order valence-electron chi connectivity index (χ0n) is 13.0. The second-order valence-corrected chi connectivity index (χ2v) is 5.01. The molecule has 0 aromatic carbocycles. The van der Waals surface area contributed by atoms with Crippen LogP contribution in [0.2, 0.25) is 0 Å². The molecule has 3 heteroatoms. The Bertz CT molecular complexity index is 282. The molecule has 0 bridgehead atoms. The van der Waals surface area contributed by atoms with Crippen LogP contribution in [0.3, 0.4) is 0 Å². The highest BCUT2D eigenvalue weighted by atomic mass is 16.5. The number of carboxylic acid groups (broad SMARTS) is 1. The highest BCUT2D eigenvalue weighted by Crippen LogP contribution is 2.05. The molecule has 1 unspecified atom stereocenters. The average Bonchev–Trinajstić information content (AvgIpc) is 2.43. The number of carbonyl (C=O) groups is 1. The minimum absolute atomic E-state index is 0.537. The zero-order valence-corrected chi connectivity index (χ0v) is 13.0. The molecule has 0 saturated heterocycles. The fraction of sp³-hybridized carbons (Fsp3) is 0.706. The number of unbranched alkanes of at least 4 members (excludes halogenated alkanes) is 5. The van der Waals surface area contributed by atoms with E-state index in [2.05, 4.69) is 25.2 Å². The number of hydrogen-bond acceptors (Lipinski definition) is 2. The van der Waals surface area contributed by atoms with Gasteiger partial charge >= 0.3 is 5.97 Å². The minimum atomic E-state index is -0.882. The van der Waals surface area contributed by atoms with Gasteiger partial charge in [-0.25, -0.2) is 4.79 Å². The van der Waals surface area contributed by atoms with Crippen molar-refractivity contribution >= 4 is 5.97 Å². The van der Waals surface area contributed by atoms with E-state index in [1.807, 2.05) is 6.08 Å². The molecule has 0 aromatic heterocycles. The minimum Gasteiger partial charge on any atom is -0.479 e. The van der Waals surface area contributed by atoms with Gasteiger partial charge in [0.15, 0.2) is 6.10 Å². The lowest BCUT2D eigenvalue weighted by atomic mass is 10.1. The Balaban J connectivity index is 3.43. The molecule has 0 radical (unpaired) electrons. The van der Waals surface area contributed by atoms with Crippen LogP contribution in [-0.2, 0) is 9.53 Å². The van der Waals surface area contributed by atoms with E-state index in [-0.39, 0.29) is 0 Å². The number of carboxylic acids is 1. The fourth-order valence-electron chi connectivity index (χ4n) is 1.94. The quantitative estimate of drug-likeness (QED) is 0.392. The van der Waals surface area contributed by atoms with Crippen LogP contribution in [0.5, 0.6) is 0 Å². The molecule has 20 heavy (non-hydrogen) atoms. The first-order valence-electron chi connectivity index (χ1n) is 7.78. The molecular weight excluding hydrogens is 252 g/mol. The summed E-state index contributed by atoms with van der Waals surface area (Å²) in [6.07, 6.45) is 17.9. The van der Waals surface area contributed by atoms with E-state index < -0.39 is 12.1 Å². The van der Waals surface area contributed by atoms with Crippen molar-refractivity contribution in [2.75, 3.05) is 7.11 Å². The molecule has 0 aromatic rings. The molecule has 0 aliphatic heterocycles. The van der Waals surface area contributed by atoms with Gasteiger partial charge in [-0.3, -0.25) is 0 Å². The molecule has 0 rings (SSSR count). The summed E-state index contributed by atoms with van der Waals surface area (Å²) in [6.45, 7) is 2.23. The smallest absolute Gasteiger partial charge is 0.332 e. The Hall–Kier alpha value is -1.09. The summed E-state index contributed by atoms with van der Waals surface area (Å²) in [5.74, 6) is -0.882. The molecule has 0 fully saturated rings. The molecule has 0 amide bonds. The van der Waals surface area contributed by atoms with Gasteiger partial charge in [0, 0.05) is 7.11 Å². The van der Waals surface area contributed by atoms with Crippen molar-refractivity contribution in [3.63, 3.8) is 0 Å². The molecule has 116 valence electrons. The maximum absolute atomic E-state index is 10.7. The highest BCUT2D eigenvalue weighted by molar-refractivity contribution is 5.72. The first kappa shape index (κ1) is 18.9. The predicted molar refractivity (Wildman–Crippen MR) is 83.9 cm³/mol. The summed E-state index contributed by atoms with van der Waals surface area (Å²) in [5.41, 5.74) is 0. The van der Waals surface area contributed by atoms with Crippen LogP contribution in [0, 0.1) is 0 Å². The van der Waals surface area contributed by atoms with Gasteiger partial charge in [-0.2, -0.15) is 0 Å². The second kappa shape index (κ2) is 14.3. The van der Waals surface area contributed by atoms with Crippen molar-refractivity contribution in [1.82, 2.24) is 0 Å². The van der Waals surface area contributed by atoms with Crippen molar-refractivity contribution in [3.8, 4) is 0 Å². The standard InChI is InChI=1S/C17H30O3/c1-3-4-5-6-7-8-9-10-11-12-13-14-15-16(20-2)17(18)19/h8-9,12-13,16H,3-7,10-11,14-15H2,1-2H3,(H,18,19)/b9-8-,13-12-. The van der Waals surface area contributed by atoms with Crippen molar-refractivity contribution in [2.24, 2.45) is 0 Å². The van der Waals surface area contributed by atoms with Crippen molar-refractivity contribution in [1.29, 1.82) is 0 Å². The van der Waals surface area contributed by atoms with E-state index >= 15 is 0 Å². The molecule has 0 spiro atoms. The topological polar surface area (TPSA) is 46.5 Å². The van der Waals surface area contributed by atoms with E-state index in [1.165, 1.54) is 39.2 Å². The van der Waals surface area contributed by atoms with Crippen LogP contribution in [0.15, 0.2) is 24.3 Å². The Morgan fingerprint density at radius 2 is 1.60 bits per heavy atom. The Kier molecular flexibility index (Phi) is 13.5. The summed E-state index contributed by atoms with van der Waals surface area (Å²) in [7, 11) is 1.44. The Morgan fingerprint density at radius 3 is 2.15 bits per heavy atom. The summed E-state index contributed by atoms with van der Waals surface area (Å²) >= 11 is 0. The first-order valence-corrected chi connectivity index (χ1v) is 7.78. The van der Waals surface area contributed by atoms with Gasteiger partial charge in [-0.05, 0) is 38.5 Å². The summed E-state index contributed by atoms with van der Waals surface area (Å²) in [5, 5.41) is 8.79. The van der Waals surface area contributed by atoms with Gasteiger partial charge in [-0.1, -0.05) is 50.5 Å². The Morgan fingerprint density at radius 1 is 1.00 bits per heavy atom. The van der Waals surface area contributed by atoms with Gasteiger partial charge in [0.2, 0.25) is 0 Å². The van der Waals surface area contributed by atoms with E-state index in [0.717, 1.165) is 19.3 Å². The van der Waals surface area contributed by atoms with E-state index in [0.29, 0.717) is 6.42 Å². The largest absolute Gasteiger partial charge is 0.479 e. The predicted octanol–water partition coefficient (Wildman–Crippen LogP) is 4.73. The number of hydrogen-bond donors (Lipinski definition) is 1. The monoisotopic (exact) mass is 282 g/mol. The van der Waals surface area contributed by atoms with Gasteiger partial charge in [0.05, 0.1) is 0 Å². The second-order valence-electron chi connectivity index (χ2n) is 5.01. The van der Waals surface area contributed by atoms with Gasteiger partial charge < -0.3 is 9.84 Å². The zero-order chi connectivity index (χ0) is 15.1. The van der Waals surface area contributed by atoms with Crippen LogP contribution in [-0.4, -0.2) is 24.3 Å². The van der Waals surface area contributed by atoms with Crippen LogP contribution in [0.1, 0.15) is 64.7 Å². The molecule has 3 nitrogen and oxygen atoms in total. The van der Waals surface area contributed by atoms with E-state index in [1.54, 1.807) is 0 Å². The number of ether oxygens (including phenoxy) is 1. The van der Waals surface area contributed by atoms with Crippen molar-refractivity contribution in [2.45, 2.75) is 70.8 Å². The van der Waals surface area contributed by atoms with E-state index in [4.69, 9.17) is 9.84 Å². The third kappa shape index (κ3) is 12.0. The summed E-state index contributed by atoms with van der Waals surface area (Å²) in [6, 6.07) is 0. The van der Waals surface area contributed by atoms with Gasteiger partial charge in [0.25, 0.3) is 0 Å². The summed E-state index contributed by atoms with van der Waals surface area (Å²) < 4.78 is 4.87. The third-order valence-corrected chi connectivity index (χ3v) is 3.21.